The number of aryl methyl sites for hydroxylation is 1. The third-order valence-corrected chi connectivity index (χ3v) is 3.79. The Labute approximate surface area is 145 Å². The molecular formula is C18H20FN3O3. The monoisotopic (exact) mass is 345 g/mol. The van der Waals surface area contributed by atoms with Crippen molar-refractivity contribution in [1.82, 2.24) is 4.57 Å². The number of nitrogens with two attached hydrogens (primary N) is 1. The van der Waals surface area contributed by atoms with Crippen molar-refractivity contribution in [2.45, 2.75) is 33.4 Å². The van der Waals surface area contributed by atoms with Crippen LogP contribution in [-0.4, -0.2) is 28.2 Å². The highest BCUT2D eigenvalue weighted by Crippen LogP contribution is 2.21. The number of aromatic nitrogens is 1. The number of halogens is 1. The molecule has 0 radical (unpaired) electrons. The largest absolute Gasteiger partial charge is 0.364 e. The van der Waals surface area contributed by atoms with Crippen LogP contribution in [0.15, 0.2) is 36.5 Å². The lowest BCUT2D eigenvalue weighted by atomic mass is 10.1. The molecule has 1 aromatic carbocycles. The van der Waals surface area contributed by atoms with Gasteiger partial charge >= 0.3 is 0 Å². The molecule has 6 nitrogen and oxygen atoms in total. The third-order valence-electron chi connectivity index (χ3n) is 3.79. The molecule has 0 bridgehead atoms. The smallest absolute Gasteiger partial charge is 0.296 e. The molecule has 0 aliphatic heterocycles. The Morgan fingerprint density at radius 1 is 1.24 bits per heavy atom. The van der Waals surface area contributed by atoms with Crippen molar-refractivity contribution >= 4 is 23.3 Å². The van der Waals surface area contributed by atoms with Crippen LogP contribution in [-0.2, 0) is 16.1 Å². The van der Waals surface area contributed by atoms with Gasteiger partial charge in [0, 0.05) is 17.9 Å². The quantitative estimate of drug-likeness (QED) is 0.813. The van der Waals surface area contributed by atoms with Crippen LogP contribution in [0.3, 0.4) is 0 Å². The van der Waals surface area contributed by atoms with E-state index < -0.39 is 17.6 Å². The fourth-order valence-electron chi connectivity index (χ4n) is 2.56. The Bertz CT molecular complexity index is 827. The number of carbonyl (C=O) groups excluding carboxylic acids is 3. The molecule has 0 fully saturated rings. The summed E-state index contributed by atoms with van der Waals surface area (Å²) >= 11 is 0. The van der Waals surface area contributed by atoms with Crippen molar-refractivity contribution < 1.29 is 18.8 Å². The number of hydrogen-bond donors (Lipinski definition) is 1. The van der Waals surface area contributed by atoms with Gasteiger partial charge in [0.15, 0.2) is 0 Å². The molecule has 2 rings (SSSR count). The van der Waals surface area contributed by atoms with E-state index in [0.29, 0.717) is 11.3 Å². The van der Waals surface area contributed by atoms with Gasteiger partial charge in [-0.25, -0.2) is 4.39 Å². The molecule has 2 amide bonds. The maximum atomic E-state index is 13.5. The van der Waals surface area contributed by atoms with Gasteiger partial charge in [-0.15, -0.1) is 0 Å². The number of amides is 2. The summed E-state index contributed by atoms with van der Waals surface area (Å²) in [5.41, 5.74) is 6.21. The van der Waals surface area contributed by atoms with Gasteiger partial charge in [-0.05, 0) is 56.7 Å². The molecule has 0 unspecified atom stereocenters. The maximum Gasteiger partial charge on any atom is 0.296 e. The number of anilines is 1. The summed E-state index contributed by atoms with van der Waals surface area (Å²) in [5, 5.41) is 0. The van der Waals surface area contributed by atoms with E-state index in [0.717, 1.165) is 0 Å². The molecule has 1 aromatic heterocycles. The molecule has 0 atom stereocenters. The second-order valence-electron chi connectivity index (χ2n) is 6.01. The summed E-state index contributed by atoms with van der Waals surface area (Å²) in [7, 11) is 0. The Morgan fingerprint density at radius 3 is 2.48 bits per heavy atom. The SMILES string of the molecule is Cc1cc(N(C(=O)C(=O)Cn2cccc2C(N)=O)C(C)C)ccc1F. The zero-order valence-electron chi connectivity index (χ0n) is 14.3. The normalized spacial score (nSPS) is 10.8. The van der Waals surface area contributed by atoms with Crippen LogP contribution in [0.25, 0.3) is 0 Å². The topological polar surface area (TPSA) is 85.4 Å². The second kappa shape index (κ2) is 7.29. The van der Waals surface area contributed by atoms with Gasteiger partial charge in [0.25, 0.3) is 11.8 Å². The lowest BCUT2D eigenvalue weighted by Crippen LogP contribution is -2.43. The van der Waals surface area contributed by atoms with Crippen molar-refractivity contribution in [2.75, 3.05) is 4.90 Å². The standard InChI is InChI=1S/C18H20FN3O3/c1-11(2)22(13-6-7-14(19)12(3)9-13)18(25)16(23)10-21-8-4-5-15(21)17(20)24/h4-9,11H,10H2,1-3H3,(H2,20,24). The fourth-order valence-corrected chi connectivity index (χ4v) is 2.56. The third kappa shape index (κ3) is 3.93. The number of rotatable bonds is 6. The first-order valence-corrected chi connectivity index (χ1v) is 7.80. The van der Waals surface area contributed by atoms with E-state index >= 15 is 0 Å². The summed E-state index contributed by atoms with van der Waals surface area (Å²) in [5.74, 6) is -2.50. The molecule has 0 spiro atoms. The van der Waals surface area contributed by atoms with Crippen LogP contribution in [0.2, 0.25) is 0 Å². The minimum Gasteiger partial charge on any atom is -0.364 e. The molecule has 1 heterocycles. The van der Waals surface area contributed by atoms with Crippen LogP contribution < -0.4 is 10.6 Å². The zero-order chi connectivity index (χ0) is 18.7. The van der Waals surface area contributed by atoms with Gasteiger partial charge in [0.1, 0.15) is 11.5 Å². The molecule has 132 valence electrons. The first kappa shape index (κ1) is 18.4. The van der Waals surface area contributed by atoms with E-state index in [4.69, 9.17) is 5.73 Å². The van der Waals surface area contributed by atoms with E-state index in [1.807, 2.05) is 0 Å². The minimum absolute atomic E-state index is 0.148. The summed E-state index contributed by atoms with van der Waals surface area (Å²) < 4.78 is 14.8. The van der Waals surface area contributed by atoms with Gasteiger partial charge in [0.05, 0.1) is 6.54 Å². The van der Waals surface area contributed by atoms with Crippen molar-refractivity contribution in [3.8, 4) is 0 Å². The van der Waals surface area contributed by atoms with Crippen LogP contribution in [0, 0.1) is 12.7 Å². The van der Waals surface area contributed by atoms with Crippen molar-refractivity contribution in [1.29, 1.82) is 0 Å². The van der Waals surface area contributed by atoms with Crippen LogP contribution in [0.1, 0.15) is 29.9 Å². The zero-order valence-corrected chi connectivity index (χ0v) is 14.3. The number of primary amides is 1. The number of hydrogen-bond acceptors (Lipinski definition) is 3. The molecule has 25 heavy (non-hydrogen) atoms. The van der Waals surface area contributed by atoms with Gasteiger partial charge in [0.2, 0.25) is 5.78 Å². The Morgan fingerprint density at radius 2 is 1.92 bits per heavy atom. The minimum atomic E-state index is -0.731. The lowest BCUT2D eigenvalue weighted by Gasteiger charge is -2.26. The average molecular weight is 345 g/mol. The van der Waals surface area contributed by atoms with E-state index in [1.54, 1.807) is 26.8 Å². The summed E-state index contributed by atoms with van der Waals surface area (Å²) in [6.45, 7) is 4.80. The van der Waals surface area contributed by atoms with Crippen molar-refractivity contribution in [3.05, 3.63) is 53.6 Å². The van der Waals surface area contributed by atoms with Gasteiger partial charge in [-0.1, -0.05) is 0 Å². The Balaban J connectivity index is 2.27. The predicted molar refractivity (Wildman–Crippen MR) is 91.7 cm³/mol. The number of nitrogens with zero attached hydrogens (tertiary/aromatic N) is 2. The molecular weight excluding hydrogens is 325 g/mol. The maximum absolute atomic E-state index is 13.5. The number of benzene rings is 1. The van der Waals surface area contributed by atoms with E-state index in [9.17, 15) is 18.8 Å². The number of carbonyl (C=O) groups is 3. The Hall–Kier alpha value is -2.96. The summed E-state index contributed by atoms with van der Waals surface area (Å²) in [6, 6.07) is 6.98. The highest BCUT2D eigenvalue weighted by Gasteiger charge is 2.26. The number of Topliss-reactive ketones (excluding diaryl/α,β-unsaturated/α-hetero) is 1. The fraction of sp³-hybridized carbons (Fsp3) is 0.278. The van der Waals surface area contributed by atoms with Crippen LogP contribution in [0.5, 0.6) is 0 Å². The van der Waals surface area contributed by atoms with Gasteiger partial charge in [-0.3, -0.25) is 14.4 Å². The lowest BCUT2D eigenvalue weighted by molar-refractivity contribution is -0.136. The summed E-state index contributed by atoms with van der Waals surface area (Å²) in [6.07, 6.45) is 1.51. The molecule has 0 aliphatic rings. The molecule has 2 aromatic rings. The predicted octanol–water partition coefficient (Wildman–Crippen LogP) is 2.05. The summed E-state index contributed by atoms with van der Waals surface area (Å²) in [4.78, 5) is 37.7. The molecule has 2 N–H and O–H groups in total. The molecule has 0 saturated carbocycles. The van der Waals surface area contributed by atoms with Gasteiger partial charge in [-0.2, -0.15) is 0 Å². The molecule has 7 heteroatoms. The van der Waals surface area contributed by atoms with Crippen LogP contribution >= 0.6 is 0 Å². The van der Waals surface area contributed by atoms with Crippen molar-refractivity contribution in [3.63, 3.8) is 0 Å². The van der Waals surface area contributed by atoms with E-state index in [-0.39, 0.29) is 24.1 Å². The van der Waals surface area contributed by atoms with E-state index in [1.165, 1.54) is 39.9 Å². The molecule has 0 aliphatic carbocycles. The first-order valence-electron chi connectivity index (χ1n) is 7.80. The first-order chi connectivity index (χ1) is 11.7. The van der Waals surface area contributed by atoms with Crippen molar-refractivity contribution in [2.24, 2.45) is 5.73 Å². The Kier molecular flexibility index (Phi) is 5.36. The highest BCUT2D eigenvalue weighted by molar-refractivity contribution is 6.41. The van der Waals surface area contributed by atoms with Gasteiger partial charge < -0.3 is 15.2 Å². The van der Waals surface area contributed by atoms with E-state index in [2.05, 4.69) is 0 Å². The average Bonchev–Trinajstić information content (AvgIpc) is 2.98. The van der Waals surface area contributed by atoms with Crippen LogP contribution in [0.4, 0.5) is 10.1 Å². The second-order valence-corrected chi connectivity index (χ2v) is 6.01. The highest BCUT2D eigenvalue weighted by atomic mass is 19.1. The number of ketones is 1. The molecule has 0 saturated heterocycles.